The fourth-order valence-corrected chi connectivity index (χ4v) is 6.11. The maximum Gasteiger partial charge on any atom is 0.335 e. The highest BCUT2D eigenvalue weighted by molar-refractivity contribution is 9.10. The van der Waals surface area contributed by atoms with Crippen molar-refractivity contribution in [1.29, 1.82) is 0 Å². The molecular weight excluding hydrogens is 424 g/mol. The number of fused-ring (bicyclic) bond motifs is 10. The minimum atomic E-state index is -0.885. The second kappa shape index (κ2) is 5.80. The van der Waals surface area contributed by atoms with Crippen LogP contribution < -0.4 is 0 Å². The van der Waals surface area contributed by atoms with Crippen molar-refractivity contribution in [2.75, 3.05) is 0 Å². The van der Waals surface area contributed by atoms with Crippen LogP contribution in [0.3, 0.4) is 0 Å². The Morgan fingerprint density at radius 2 is 1.66 bits per heavy atom. The summed E-state index contributed by atoms with van der Waals surface area (Å²) >= 11 is 3.68. The van der Waals surface area contributed by atoms with Gasteiger partial charge < -0.3 is 5.11 Å². The van der Waals surface area contributed by atoms with E-state index in [4.69, 9.17) is 0 Å². The maximum atomic E-state index is 11.8. The number of hydrogen-bond donors (Lipinski definition) is 1. The van der Waals surface area contributed by atoms with Crippen LogP contribution in [0.25, 0.3) is 11.1 Å². The van der Waals surface area contributed by atoms with E-state index in [2.05, 4.69) is 82.7 Å². The van der Waals surface area contributed by atoms with Crippen LogP contribution in [-0.2, 0) is 5.41 Å². The third-order valence-corrected chi connectivity index (χ3v) is 7.26. The summed E-state index contributed by atoms with van der Waals surface area (Å²) in [5, 5.41) is 9.71. The van der Waals surface area contributed by atoms with Gasteiger partial charge in [0.05, 0.1) is 11.0 Å². The van der Waals surface area contributed by atoms with Crippen LogP contribution in [0.4, 0.5) is 0 Å². The predicted molar refractivity (Wildman–Crippen MR) is 117 cm³/mol. The number of hydrogen-bond acceptors (Lipinski definition) is 1. The molecule has 0 saturated carbocycles. The molecule has 0 radical (unpaired) electrons. The molecule has 3 unspecified atom stereocenters. The summed E-state index contributed by atoms with van der Waals surface area (Å²) in [4.78, 5) is 11.8. The molecule has 3 aromatic carbocycles. The third-order valence-electron chi connectivity index (χ3n) is 6.77. The quantitative estimate of drug-likeness (QED) is 0.481. The van der Waals surface area contributed by atoms with E-state index >= 15 is 0 Å². The summed E-state index contributed by atoms with van der Waals surface area (Å²) in [6.45, 7) is 0. The fourth-order valence-electron chi connectivity index (χ4n) is 5.75. The van der Waals surface area contributed by atoms with Crippen molar-refractivity contribution in [2.24, 2.45) is 5.92 Å². The Kier molecular flexibility index (Phi) is 3.40. The van der Waals surface area contributed by atoms with Crippen LogP contribution in [0.5, 0.6) is 0 Å². The predicted octanol–water partition coefficient (Wildman–Crippen LogP) is 6.30. The zero-order valence-corrected chi connectivity index (χ0v) is 17.1. The largest absolute Gasteiger partial charge is 0.478 e. The molecule has 0 bridgehead atoms. The number of carboxylic acid groups (broad SMARTS) is 1. The second-order valence-corrected chi connectivity index (χ2v) is 8.89. The number of carboxylic acids is 1. The van der Waals surface area contributed by atoms with E-state index in [1.165, 1.54) is 27.8 Å². The van der Waals surface area contributed by atoms with Gasteiger partial charge in [0.2, 0.25) is 0 Å². The van der Waals surface area contributed by atoms with Gasteiger partial charge in [-0.25, -0.2) is 4.79 Å². The molecule has 0 amide bonds. The Bertz CT molecular complexity index is 1270. The summed E-state index contributed by atoms with van der Waals surface area (Å²) in [6, 6.07) is 20.8. The molecule has 3 heteroatoms. The van der Waals surface area contributed by atoms with E-state index < -0.39 is 5.97 Å². The lowest BCUT2D eigenvalue weighted by Crippen LogP contribution is -2.33. The van der Waals surface area contributed by atoms with Crippen molar-refractivity contribution in [3.8, 4) is 11.1 Å². The highest BCUT2D eigenvalue weighted by Gasteiger charge is 2.57. The highest BCUT2D eigenvalue weighted by atomic mass is 79.9. The van der Waals surface area contributed by atoms with Gasteiger partial charge in [-0.1, -0.05) is 76.6 Å². The molecule has 3 aromatic rings. The fraction of sp³-hybridized carbons (Fsp3) is 0.115. The lowest BCUT2D eigenvalue weighted by molar-refractivity contribution is 0.0696. The van der Waals surface area contributed by atoms with Crippen LogP contribution in [0.1, 0.15) is 38.5 Å². The molecule has 3 atom stereocenters. The molecule has 140 valence electrons. The highest BCUT2D eigenvalue weighted by Crippen LogP contribution is 2.65. The molecule has 0 aromatic heterocycles. The molecule has 0 aliphatic heterocycles. The van der Waals surface area contributed by atoms with Crippen molar-refractivity contribution in [2.45, 2.75) is 11.3 Å². The average molecular weight is 441 g/mol. The van der Waals surface area contributed by atoms with Gasteiger partial charge in [0.15, 0.2) is 0 Å². The van der Waals surface area contributed by atoms with Crippen molar-refractivity contribution < 1.29 is 9.90 Å². The van der Waals surface area contributed by atoms with Gasteiger partial charge in [-0.05, 0) is 57.6 Å². The minimum absolute atomic E-state index is 0.211. The normalized spacial score (nSPS) is 24.9. The number of carbonyl (C=O) groups is 1. The number of rotatable bonds is 1. The number of halogens is 1. The molecule has 1 N–H and O–H groups in total. The van der Waals surface area contributed by atoms with Crippen LogP contribution in [0, 0.1) is 5.92 Å². The van der Waals surface area contributed by atoms with Crippen molar-refractivity contribution in [3.05, 3.63) is 117 Å². The first-order valence-corrected chi connectivity index (χ1v) is 10.5. The molecule has 0 heterocycles. The molecular formula is C26H17BrO2. The Morgan fingerprint density at radius 3 is 2.52 bits per heavy atom. The molecule has 0 saturated heterocycles. The molecule has 0 fully saturated rings. The first kappa shape index (κ1) is 17.0. The smallest absolute Gasteiger partial charge is 0.335 e. The van der Waals surface area contributed by atoms with Crippen LogP contribution >= 0.6 is 15.9 Å². The van der Waals surface area contributed by atoms with E-state index in [-0.39, 0.29) is 17.3 Å². The second-order valence-electron chi connectivity index (χ2n) is 7.97. The summed E-state index contributed by atoms with van der Waals surface area (Å²) < 4.78 is 1.04. The lowest BCUT2D eigenvalue weighted by Gasteiger charge is -2.36. The number of allylic oxidation sites excluding steroid dienone is 4. The minimum Gasteiger partial charge on any atom is -0.478 e. The molecule has 3 aliphatic rings. The lowest BCUT2D eigenvalue weighted by atomic mass is 9.65. The third kappa shape index (κ3) is 2.03. The van der Waals surface area contributed by atoms with E-state index in [1.54, 1.807) is 6.07 Å². The number of benzene rings is 3. The summed E-state index contributed by atoms with van der Waals surface area (Å²) in [5.74, 6) is -0.441. The molecule has 2 nitrogen and oxygen atoms in total. The van der Waals surface area contributed by atoms with Gasteiger partial charge in [-0.2, -0.15) is 0 Å². The van der Waals surface area contributed by atoms with Crippen molar-refractivity contribution in [3.63, 3.8) is 0 Å². The zero-order valence-electron chi connectivity index (χ0n) is 15.5. The first-order chi connectivity index (χ1) is 14.1. The summed E-state index contributed by atoms with van der Waals surface area (Å²) in [5.41, 5.74) is 7.30. The molecule has 6 rings (SSSR count). The van der Waals surface area contributed by atoms with Crippen LogP contribution in [-0.4, -0.2) is 11.1 Å². The van der Waals surface area contributed by atoms with Crippen molar-refractivity contribution >= 4 is 21.9 Å². The Hall–Kier alpha value is -2.91. The Balaban J connectivity index is 1.79. The van der Waals surface area contributed by atoms with E-state index in [0.29, 0.717) is 5.56 Å². The van der Waals surface area contributed by atoms with Gasteiger partial charge in [0.25, 0.3) is 0 Å². The standard InChI is InChI=1S/C26H17BrO2/c27-16-10-12-20-18-6-2-4-8-22(18)26(24(20)14-16)21-7-3-1-5-17(21)19-11-9-15(25(28)29)13-23(19)26/h1-14,17,21H,(H,28,29). The SMILES string of the molecule is O=C(O)c1ccc2c(c1)C1(c3ccccc3-c3ccc(Br)cc31)C1C=CC=CC21. The molecule has 1 spiro atoms. The summed E-state index contributed by atoms with van der Waals surface area (Å²) in [7, 11) is 0. The molecule has 29 heavy (non-hydrogen) atoms. The van der Waals surface area contributed by atoms with Gasteiger partial charge >= 0.3 is 5.97 Å². The summed E-state index contributed by atoms with van der Waals surface area (Å²) in [6.07, 6.45) is 8.80. The van der Waals surface area contributed by atoms with Gasteiger partial charge in [0, 0.05) is 16.3 Å². The zero-order chi connectivity index (χ0) is 19.8. The first-order valence-electron chi connectivity index (χ1n) is 9.75. The van der Waals surface area contributed by atoms with Crippen LogP contribution in [0.2, 0.25) is 0 Å². The van der Waals surface area contributed by atoms with E-state index in [0.717, 1.165) is 10.0 Å². The Morgan fingerprint density at radius 1 is 0.862 bits per heavy atom. The van der Waals surface area contributed by atoms with Crippen LogP contribution in [0.15, 0.2) is 89.4 Å². The average Bonchev–Trinajstić information content (AvgIpc) is 3.20. The van der Waals surface area contributed by atoms with E-state index in [9.17, 15) is 9.90 Å². The molecule has 3 aliphatic carbocycles. The monoisotopic (exact) mass is 440 g/mol. The van der Waals surface area contributed by atoms with Gasteiger partial charge in [0.1, 0.15) is 0 Å². The van der Waals surface area contributed by atoms with E-state index in [1.807, 2.05) is 12.1 Å². The maximum absolute atomic E-state index is 11.8. The Labute approximate surface area is 177 Å². The number of aromatic carboxylic acids is 1. The topological polar surface area (TPSA) is 37.3 Å². The van der Waals surface area contributed by atoms with Gasteiger partial charge in [-0.3, -0.25) is 0 Å². The van der Waals surface area contributed by atoms with Crippen molar-refractivity contribution in [1.82, 2.24) is 0 Å². The van der Waals surface area contributed by atoms with Gasteiger partial charge in [-0.15, -0.1) is 0 Å².